The van der Waals surface area contributed by atoms with Gasteiger partial charge in [0.15, 0.2) is 0 Å². The van der Waals surface area contributed by atoms with Crippen LogP contribution in [0.5, 0.6) is 0 Å². The topological polar surface area (TPSA) is 95.9 Å². The highest BCUT2D eigenvalue weighted by Gasteiger charge is 2.58. The first kappa shape index (κ1) is 21.1. The van der Waals surface area contributed by atoms with Crippen LogP contribution in [0.15, 0.2) is 48.5 Å². The summed E-state index contributed by atoms with van der Waals surface area (Å²) in [7, 11) is 0. The van der Waals surface area contributed by atoms with Gasteiger partial charge in [0, 0.05) is 12.0 Å². The molecule has 3 aliphatic rings. The molecule has 2 saturated heterocycles. The second-order valence-electron chi connectivity index (χ2n) is 8.72. The van der Waals surface area contributed by atoms with E-state index in [-0.39, 0.29) is 25.1 Å². The number of alkyl carbamates (subject to hydrolysis) is 1. The van der Waals surface area contributed by atoms with Gasteiger partial charge in [0.2, 0.25) is 0 Å². The van der Waals surface area contributed by atoms with Crippen molar-refractivity contribution in [1.82, 2.24) is 10.2 Å². The Bertz CT molecular complexity index is 1140. The van der Waals surface area contributed by atoms with Crippen molar-refractivity contribution in [3.05, 3.63) is 59.7 Å². The third kappa shape index (κ3) is 3.52. The van der Waals surface area contributed by atoms with E-state index in [0.717, 1.165) is 22.3 Å². The molecule has 5 rings (SSSR count). The van der Waals surface area contributed by atoms with Crippen molar-refractivity contribution in [1.29, 1.82) is 0 Å². The first-order valence-electron chi connectivity index (χ1n) is 11.2. The number of hydrogen-bond acceptors (Lipinski definition) is 4. The number of hydrogen-bond donors (Lipinski definition) is 2. The molecule has 0 aromatic heterocycles. The molecular formula is C26H24N2O5. The van der Waals surface area contributed by atoms with Crippen molar-refractivity contribution in [2.75, 3.05) is 13.2 Å². The molecule has 0 unspecified atom stereocenters. The lowest BCUT2D eigenvalue weighted by molar-refractivity contribution is -0.153. The first-order chi connectivity index (χ1) is 16.0. The summed E-state index contributed by atoms with van der Waals surface area (Å²) < 4.78 is 5.45. The Kier molecular flexibility index (Phi) is 5.29. The van der Waals surface area contributed by atoms with Gasteiger partial charge in [-0.1, -0.05) is 54.5 Å². The van der Waals surface area contributed by atoms with E-state index in [4.69, 9.17) is 4.74 Å². The number of amides is 2. The summed E-state index contributed by atoms with van der Waals surface area (Å²) >= 11 is 0. The molecule has 168 valence electrons. The summed E-state index contributed by atoms with van der Waals surface area (Å²) in [6, 6.07) is 16.1. The van der Waals surface area contributed by atoms with E-state index in [0.29, 0.717) is 25.7 Å². The zero-order chi connectivity index (χ0) is 23.0. The van der Waals surface area contributed by atoms with Crippen molar-refractivity contribution < 1.29 is 24.2 Å². The maximum Gasteiger partial charge on any atom is 0.407 e. The molecule has 2 N–H and O–H groups in total. The molecule has 33 heavy (non-hydrogen) atoms. The second-order valence-corrected chi connectivity index (χ2v) is 8.72. The number of carboxylic acid groups (broad SMARTS) is 1. The molecule has 0 spiro atoms. The molecule has 2 fully saturated rings. The van der Waals surface area contributed by atoms with Crippen LogP contribution < -0.4 is 5.32 Å². The average molecular weight is 444 g/mol. The minimum absolute atomic E-state index is 0.0336. The van der Waals surface area contributed by atoms with E-state index < -0.39 is 23.5 Å². The van der Waals surface area contributed by atoms with Crippen LogP contribution in [0.2, 0.25) is 0 Å². The minimum Gasteiger partial charge on any atom is -0.479 e. The van der Waals surface area contributed by atoms with E-state index >= 15 is 0 Å². The number of carboxylic acids is 1. The molecule has 1 aliphatic carbocycles. The summed E-state index contributed by atoms with van der Waals surface area (Å²) in [5.74, 6) is 3.63. The molecule has 2 heterocycles. The number of aliphatic carboxylic acids is 1. The predicted molar refractivity (Wildman–Crippen MR) is 120 cm³/mol. The number of nitrogens with zero attached hydrogens (tertiary/aromatic N) is 1. The molecule has 7 nitrogen and oxygen atoms in total. The van der Waals surface area contributed by atoms with Gasteiger partial charge in [-0.2, -0.15) is 0 Å². The van der Waals surface area contributed by atoms with Gasteiger partial charge < -0.3 is 20.1 Å². The molecule has 2 amide bonds. The number of carbonyl (C=O) groups excluding carboxylic acids is 2. The van der Waals surface area contributed by atoms with E-state index in [2.05, 4.69) is 29.3 Å². The molecular weight excluding hydrogens is 420 g/mol. The first-order valence-corrected chi connectivity index (χ1v) is 11.2. The van der Waals surface area contributed by atoms with Crippen molar-refractivity contribution in [2.24, 2.45) is 0 Å². The van der Waals surface area contributed by atoms with E-state index in [9.17, 15) is 19.5 Å². The smallest absolute Gasteiger partial charge is 0.407 e. The Morgan fingerprint density at radius 3 is 2.24 bits per heavy atom. The van der Waals surface area contributed by atoms with Crippen molar-refractivity contribution >= 4 is 18.0 Å². The van der Waals surface area contributed by atoms with Crippen LogP contribution in [-0.4, -0.2) is 52.7 Å². The normalized spacial score (nSPS) is 22.2. The fourth-order valence-electron chi connectivity index (χ4n) is 5.55. The average Bonchev–Trinajstić information content (AvgIpc) is 3.49. The zero-order valence-electron chi connectivity index (χ0n) is 18.0. The van der Waals surface area contributed by atoms with Gasteiger partial charge in [0.25, 0.3) is 5.91 Å². The van der Waals surface area contributed by atoms with Crippen LogP contribution in [0.1, 0.15) is 42.7 Å². The van der Waals surface area contributed by atoms with Gasteiger partial charge in [-0.05, 0) is 53.9 Å². The summed E-state index contributed by atoms with van der Waals surface area (Å²) in [4.78, 5) is 37.9. The minimum atomic E-state index is -1.11. The van der Waals surface area contributed by atoms with E-state index in [1.807, 2.05) is 36.4 Å². The molecule has 7 heteroatoms. The third-order valence-electron chi connectivity index (χ3n) is 7.09. The number of benzene rings is 2. The number of nitrogens with one attached hydrogen (secondary N) is 1. The molecule has 2 bridgehead atoms. The lowest BCUT2D eigenvalue weighted by Gasteiger charge is -2.29. The summed E-state index contributed by atoms with van der Waals surface area (Å²) in [6.07, 6.45) is 1.72. The standard InChI is InChI=1S/C26H24N2O5/c29-23(28-17-11-13-26(28,14-12-17)24(30)31)10-5-15-27-25(32)33-16-22-20-8-3-1-6-18(20)19-7-2-4-9-21(19)22/h1-4,6-9,17,22H,11-16H2,(H,27,32)(H,30,31). The van der Waals surface area contributed by atoms with Crippen LogP contribution in [0, 0.1) is 11.8 Å². The Balaban J connectivity index is 1.16. The molecule has 2 aromatic rings. The number of carbonyl (C=O) groups is 3. The van der Waals surface area contributed by atoms with Crippen LogP contribution >= 0.6 is 0 Å². The highest BCUT2D eigenvalue weighted by atomic mass is 16.5. The van der Waals surface area contributed by atoms with E-state index in [1.165, 1.54) is 4.90 Å². The SMILES string of the molecule is O=C(NCC#CC(=O)N1C2CCC1(C(=O)O)CC2)OCC1c2ccccc2-c2ccccc21. The van der Waals surface area contributed by atoms with E-state index in [1.54, 1.807) is 0 Å². The highest BCUT2D eigenvalue weighted by molar-refractivity contribution is 5.98. The highest BCUT2D eigenvalue weighted by Crippen LogP contribution is 2.46. The summed E-state index contributed by atoms with van der Waals surface area (Å²) in [5.41, 5.74) is 3.45. The molecule has 2 aliphatic heterocycles. The van der Waals surface area contributed by atoms with Crippen molar-refractivity contribution in [3.8, 4) is 23.0 Å². The van der Waals surface area contributed by atoms with Gasteiger partial charge in [-0.3, -0.25) is 4.79 Å². The maximum absolute atomic E-state index is 12.5. The van der Waals surface area contributed by atoms with Crippen LogP contribution in [0.3, 0.4) is 0 Å². The Morgan fingerprint density at radius 2 is 1.64 bits per heavy atom. The third-order valence-corrected chi connectivity index (χ3v) is 7.09. The molecule has 0 radical (unpaired) electrons. The van der Waals surface area contributed by atoms with Gasteiger partial charge in [-0.25, -0.2) is 9.59 Å². The predicted octanol–water partition coefficient (Wildman–Crippen LogP) is 3.14. The lowest BCUT2D eigenvalue weighted by Crippen LogP contribution is -2.50. The monoisotopic (exact) mass is 444 g/mol. The van der Waals surface area contributed by atoms with Gasteiger partial charge in [0.1, 0.15) is 12.1 Å². The molecule has 0 saturated carbocycles. The van der Waals surface area contributed by atoms with Gasteiger partial charge >= 0.3 is 12.1 Å². The Morgan fingerprint density at radius 1 is 1.03 bits per heavy atom. The van der Waals surface area contributed by atoms with Crippen LogP contribution in [0.4, 0.5) is 4.79 Å². The fraction of sp³-hybridized carbons (Fsp3) is 0.346. The Labute approximate surface area is 191 Å². The lowest BCUT2D eigenvalue weighted by atomic mass is 9.88. The van der Waals surface area contributed by atoms with Gasteiger partial charge in [0.05, 0.1) is 6.54 Å². The summed E-state index contributed by atoms with van der Waals surface area (Å²) in [6.45, 7) is 0.143. The van der Waals surface area contributed by atoms with Crippen LogP contribution in [-0.2, 0) is 14.3 Å². The largest absolute Gasteiger partial charge is 0.479 e. The van der Waals surface area contributed by atoms with Crippen LogP contribution in [0.25, 0.3) is 11.1 Å². The quantitative estimate of drug-likeness (QED) is 0.707. The number of ether oxygens (including phenoxy) is 1. The fourth-order valence-corrected chi connectivity index (χ4v) is 5.55. The number of fused-ring (bicyclic) bond motifs is 5. The van der Waals surface area contributed by atoms with Crippen molar-refractivity contribution in [2.45, 2.75) is 43.2 Å². The molecule has 2 aromatic carbocycles. The zero-order valence-corrected chi connectivity index (χ0v) is 18.0. The summed E-state index contributed by atoms with van der Waals surface area (Å²) in [5, 5.41) is 12.2. The number of rotatable bonds is 4. The maximum atomic E-state index is 12.5. The van der Waals surface area contributed by atoms with Crippen molar-refractivity contribution in [3.63, 3.8) is 0 Å². The Hall–Kier alpha value is -3.79. The molecule has 0 atom stereocenters. The van der Waals surface area contributed by atoms with Gasteiger partial charge in [-0.15, -0.1) is 0 Å². The second kappa shape index (κ2) is 8.28.